The number of esters is 1. The SMILES string of the molecule is CCOC(=O)/C=C/CCCC1CC(=O)CCN1C(=O)c1ccccc1. The van der Waals surface area contributed by atoms with Crippen LogP contribution in [0.2, 0.25) is 0 Å². The van der Waals surface area contributed by atoms with Gasteiger partial charge in [-0.1, -0.05) is 24.3 Å². The molecule has 1 aliphatic heterocycles. The number of Topliss-reactive ketones (excluding diaryl/α,β-unsaturated/α-hetero) is 1. The van der Waals surface area contributed by atoms with Crippen molar-refractivity contribution in [3.05, 3.63) is 48.0 Å². The first-order valence-electron chi connectivity index (χ1n) is 8.82. The Bertz CT molecular complexity index is 624. The zero-order chi connectivity index (χ0) is 18.1. The van der Waals surface area contributed by atoms with Gasteiger partial charge in [0.25, 0.3) is 5.91 Å². The molecule has 0 bridgehead atoms. The number of carbonyl (C=O) groups excluding carboxylic acids is 3. The van der Waals surface area contributed by atoms with E-state index in [1.54, 1.807) is 25.1 Å². The van der Waals surface area contributed by atoms with Gasteiger partial charge in [-0.25, -0.2) is 4.79 Å². The molecule has 1 fully saturated rings. The Morgan fingerprint density at radius 1 is 1.28 bits per heavy atom. The largest absolute Gasteiger partial charge is 0.463 e. The Morgan fingerprint density at radius 3 is 2.76 bits per heavy atom. The Balaban J connectivity index is 1.90. The van der Waals surface area contributed by atoms with Crippen molar-refractivity contribution in [2.45, 2.75) is 45.1 Å². The molecule has 1 amide bonds. The molecule has 0 spiro atoms. The molecule has 1 unspecified atom stereocenters. The van der Waals surface area contributed by atoms with Crippen LogP contribution in [0, 0.1) is 0 Å². The van der Waals surface area contributed by atoms with Gasteiger partial charge in [0.05, 0.1) is 6.61 Å². The summed E-state index contributed by atoms with van der Waals surface area (Å²) in [5.74, 6) is -0.138. The number of amides is 1. The molecule has 0 N–H and O–H groups in total. The van der Waals surface area contributed by atoms with Crippen molar-refractivity contribution in [3.8, 4) is 0 Å². The van der Waals surface area contributed by atoms with E-state index in [-0.39, 0.29) is 23.7 Å². The lowest BCUT2D eigenvalue weighted by Gasteiger charge is -2.35. The van der Waals surface area contributed by atoms with Crippen molar-refractivity contribution >= 4 is 17.7 Å². The quantitative estimate of drug-likeness (QED) is 0.433. The highest BCUT2D eigenvalue weighted by Crippen LogP contribution is 2.22. The van der Waals surface area contributed by atoms with Crippen LogP contribution in [0.3, 0.4) is 0 Å². The molecular formula is C20H25NO4. The maximum Gasteiger partial charge on any atom is 0.330 e. The number of benzene rings is 1. The zero-order valence-corrected chi connectivity index (χ0v) is 14.6. The summed E-state index contributed by atoms with van der Waals surface area (Å²) in [6.07, 6.45) is 6.34. The van der Waals surface area contributed by atoms with Gasteiger partial charge in [0, 0.05) is 37.1 Å². The van der Waals surface area contributed by atoms with Crippen LogP contribution in [0.25, 0.3) is 0 Å². The van der Waals surface area contributed by atoms with Gasteiger partial charge in [0.1, 0.15) is 5.78 Å². The number of unbranched alkanes of at least 4 members (excludes halogenated alkanes) is 1. The van der Waals surface area contributed by atoms with Crippen molar-refractivity contribution < 1.29 is 19.1 Å². The van der Waals surface area contributed by atoms with Gasteiger partial charge in [-0.15, -0.1) is 0 Å². The maximum absolute atomic E-state index is 12.7. The first-order valence-corrected chi connectivity index (χ1v) is 8.82. The third-order valence-corrected chi connectivity index (χ3v) is 4.27. The molecule has 2 rings (SSSR count). The Hall–Kier alpha value is -2.43. The number of nitrogens with zero attached hydrogens (tertiary/aromatic N) is 1. The van der Waals surface area contributed by atoms with Crippen LogP contribution in [0.15, 0.2) is 42.5 Å². The minimum Gasteiger partial charge on any atom is -0.463 e. The van der Waals surface area contributed by atoms with Gasteiger partial charge in [-0.05, 0) is 38.3 Å². The van der Waals surface area contributed by atoms with E-state index in [1.807, 2.05) is 23.1 Å². The number of ketones is 1. The fraction of sp³-hybridized carbons (Fsp3) is 0.450. The molecule has 134 valence electrons. The number of allylic oxidation sites excluding steroid dienone is 1. The lowest BCUT2D eigenvalue weighted by molar-refractivity contribution is -0.137. The van der Waals surface area contributed by atoms with E-state index < -0.39 is 0 Å². The van der Waals surface area contributed by atoms with Gasteiger partial charge in [0.15, 0.2) is 0 Å². The van der Waals surface area contributed by atoms with E-state index in [9.17, 15) is 14.4 Å². The van der Waals surface area contributed by atoms with E-state index in [1.165, 1.54) is 6.08 Å². The minimum atomic E-state index is -0.337. The molecule has 1 saturated heterocycles. The summed E-state index contributed by atoms with van der Waals surface area (Å²) < 4.78 is 4.83. The summed E-state index contributed by atoms with van der Waals surface area (Å²) in [4.78, 5) is 37.6. The average molecular weight is 343 g/mol. The van der Waals surface area contributed by atoms with E-state index in [0.29, 0.717) is 31.6 Å². The number of ether oxygens (including phenoxy) is 1. The molecule has 25 heavy (non-hydrogen) atoms. The Kier molecular flexibility index (Phi) is 7.38. The third-order valence-electron chi connectivity index (χ3n) is 4.27. The molecule has 1 atom stereocenters. The number of rotatable bonds is 7. The standard InChI is InChI=1S/C20H25NO4/c1-2-25-19(23)12-8-4-7-11-17-15-18(22)13-14-21(17)20(24)16-9-5-3-6-10-16/h3,5-6,8-10,12,17H,2,4,7,11,13-15H2,1H3/b12-8+. The van der Waals surface area contributed by atoms with Crippen molar-refractivity contribution in [1.29, 1.82) is 0 Å². The zero-order valence-electron chi connectivity index (χ0n) is 14.6. The second-order valence-electron chi connectivity index (χ2n) is 6.10. The maximum atomic E-state index is 12.7. The summed E-state index contributed by atoms with van der Waals surface area (Å²) in [5, 5.41) is 0. The van der Waals surface area contributed by atoms with Gasteiger partial charge in [-0.3, -0.25) is 9.59 Å². The molecule has 1 heterocycles. The van der Waals surface area contributed by atoms with Crippen LogP contribution in [0.5, 0.6) is 0 Å². The molecule has 0 saturated carbocycles. The van der Waals surface area contributed by atoms with Crippen LogP contribution >= 0.6 is 0 Å². The summed E-state index contributed by atoms with van der Waals surface area (Å²) >= 11 is 0. The van der Waals surface area contributed by atoms with Gasteiger partial charge in [0.2, 0.25) is 0 Å². The number of piperidine rings is 1. The van der Waals surface area contributed by atoms with Crippen molar-refractivity contribution in [2.75, 3.05) is 13.2 Å². The molecule has 1 aromatic carbocycles. The molecule has 5 nitrogen and oxygen atoms in total. The highest BCUT2D eigenvalue weighted by molar-refractivity contribution is 5.95. The third kappa shape index (κ3) is 5.85. The van der Waals surface area contributed by atoms with Crippen LogP contribution < -0.4 is 0 Å². The molecule has 0 aromatic heterocycles. The summed E-state index contributed by atoms with van der Waals surface area (Å²) in [7, 11) is 0. The summed E-state index contributed by atoms with van der Waals surface area (Å²) in [6.45, 7) is 2.62. The summed E-state index contributed by atoms with van der Waals surface area (Å²) in [6, 6.07) is 9.11. The van der Waals surface area contributed by atoms with Crippen LogP contribution in [0.4, 0.5) is 0 Å². The van der Waals surface area contributed by atoms with Gasteiger partial charge < -0.3 is 9.64 Å². The minimum absolute atomic E-state index is 0.0137. The monoisotopic (exact) mass is 343 g/mol. The molecular weight excluding hydrogens is 318 g/mol. The topological polar surface area (TPSA) is 63.7 Å². The number of carbonyl (C=O) groups is 3. The fourth-order valence-corrected chi connectivity index (χ4v) is 3.02. The molecule has 1 aromatic rings. The second kappa shape index (κ2) is 9.77. The first-order chi connectivity index (χ1) is 12.1. The number of hydrogen-bond acceptors (Lipinski definition) is 4. The first kappa shape index (κ1) is 18.9. The summed E-state index contributed by atoms with van der Waals surface area (Å²) in [5.41, 5.74) is 0.657. The highest BCUT2D eigenvalue weighted by Gasteiger charge is 2.30. The van der Waals surface area contributed by atoms with E-state index in [4.69, 9.17) is 4.74 Å². The van der Waals surface area contributed by atoms with Crippen molar-refractivity contribution in [2.24, 2.45) is 0 Å². The normalized spacial score (nSPS) is 17.7. The highest BCUT2D eigenvalue weighted by atomic mass is 16.5. The lowest BCUT2D eigenvalue weighted by Crippen LogP contribution is -2.46. The van der Waals surface area contributed by atoms with Gasteiger partial charge in [-0.2, -0.15) is 0 Å². The second-order valence-corrected chi connectivity index (χ2v) is 6.10. The van der Waals surface area contributed by atoms with Crippen molar-refractivity contribution in [3.63, 3.8) is 0 Å². The van der Waals surface area contributed by atoms with Crippen molar-refractivity contribution in [1.82, 2.24) is 4.90 Å². The van der Waals surface area contributed by atoms with E-state index in [2.05, 4.69) is 0 Å². The van der Waals surface area contributed by atoms with Crippen LogP contribution in [0.1, 0.15) is 49.4 Å². The van der Waals surface area contributed by atoms with Crippen LogP contribution in [-0.2, 0) is 14.3 Å². The fourth-order valence-electron chi connectivity index (χ4n) is 3.02. The smallest absolute Gasteiger partial charge is 0.330 e. The lowest BCUT2D eigenvalue weighted by atomic mass is 9.95. The predicted molar refractivity (Wildman–Crippen MR) is 95.1 cm³/mol. The molecule has 5 heteroatoms. The molecule has 1 aliphatic rings. The average Bonchev–Trinajstić information content (AvgIpc) is 2.62. The van der Waals surface area contributed by atoms with Crippen LogP contribution in [-0.4, -0.2) is 41.8 Å². The van der Waals surface area contributed by atoms with Gasteiger partial charge >= 0.3 is 5.97 Å². The Morgan fingerprint density at radius 2 is 2.04 bits per heavy atom. The van der Waals surface area contributed by atoms with E-state index in [0.717, 1.165) is 19.3 Å². The van der Waals surface area contributed by atoms with E-state index >= 15 is 0 Å². The molecule has 0 aliphatic carbocycles. The number of hydrogen-bond donors (Lipinski definition) is 0. The number of likely N-dealkylation sites (tertiary alicyclic amines) is 1. The molecule has 0 radical (unpaired) electrons. The predicted octanol–water partition coefficient (Wildman–Crippen LogP) is 3.15. The Labute approximate surface area is 148 Å².